The molecule has 2 unspecified atom stereocenters. The molecule has 0 aliphatic heterocycles. The third-order valence-corrected chi connectivity index (χ3v) is 3.84. The van der Waals surface area contributed by atoms with Gasteiger partial charge in [0.2, 0.25) is 0 Å². The molecule has 0 saturated heterocycles. The minimum absolute atomic E-state index is 0. The van der Waals surface area contributed by atoms with Gasteiger partial charge in [0.25, 0.3) is 0 Å². The number of carboxylic acids is 1. The fourth-order valence-electron chi connectivity index (χ4n) is 2.71. The van der Waals surface area contributed by atoms with Gasteiger partial charge in [0, 0.05) is 0 Å². The molecule has 2 saturated carbocycles. The molecule has 2 atom stereocenters. The van der Waals surface area contributed by atoms with E-state index in [9.17, 15) is 4.79 Å². The number of hydrogen-bond acceptors (Lipinski definition) is 1. The van der Waals surface area contributed by atoms with Gasteiger partial charge in [-0.05, 0) is 37.0 Å². The highest BCUT2D eigenvalue weighted by molar-refractivity contribution is 5.85. The quantitative estimate of drug-likeness (QED) is 0.740. The normalized spacial score (nSPS) is 32.0. The molecule has 2 rings (SSSR count). The smallest absolute Gasteiger partial charge is 0.307 e. The van der Waals surface area contributed by atoms with Crippen LogP contribution >= 0.6 is 12.4 Å². The Labute approximate surface area is 97.2 Å². The monoisotopic (exact) mass is 230 g/mol. The van der Waals surface area contributed by atoms with Gasteiger partial charge in [-0.2, -0.15) is 0 Å². The fourth-order valence-corrected chi connectivity index (χ4v) is 2.71. The van der Waals surface area contributed by atoms with E-state index in [1.165, 1.54) is 31.3 Å². The van der Waals surface area contributed by atoms with E-state index < -0.39 is 5.97 Å². The van der Waals surface area contributed by atoms with Crippen molar-refractivity contribution in [1.29, 1.82) is 0 Å². The predicted octanol–water partition coefficient (Wildman–Crippen LogP) is 3.27. The third-order valence-electron chi connectivity index (χ3n) is 3.84. The van der Waals surface area contributed by atoms with Crippen molar-refractivity contribution in [3.63, 3.8) is 0 Å². The van der Waals surface area contributed by atoms with Crippen molar-refractivity contribution in [3.8, 4) is 0 Å². The largest absolute Gasteiger partial charge is 0.481 e. The highest BCUT2D eigenvalue weighted by Gasteiger charge is 2.60. The topological polar surface area (TPSA) is 37.3 Å². The van der Waals surface area contributed by atoms with Crippen LogP contribution < -0.4 is 0 Å². The van der Waals surface area contributed by atoms with Crippen molar-refractivity contribution in [2.75, 3.05) is 0 Å². The van der Waals surface area contributed by atoms with Gasteiger partial charge in [0.05, 0.1) is 5.92 Å². The summed E-state index contributed by atoms with van der Waals surface area (Å²) in [6.45, 7) is 4.12. The zero-order valence-electron chi connectivity index (χ0n) is 9.32. The first kappa shape index (κ1) is 12.6. The summed E-state index contributed by atoms with van der Waals surface area (Å²) < 4.78 is 0. The number of allylic oxidation sites excluding steroid dienone is 2. The molecular weight excluding hydrogens is 212 g/mol. The molecule has 1 N–H and O–H groups in total. The number of hydrogen-bond donors (Lipinski definition) is 1. The van der Waals surface area contributed by atoms with E-state index in [4.69, 9.17) is 5.11 Å². The lowest BCUT2D eigenvalue weighted by molar-refractivity contribution is -0.139. The van der Waals surface area contributed by atoms with Crippen LogP contribution in [0.3, 0.4) is 0 Å². The Balaban J connectivity index is 0.00000112. The lowest BCUT2D eigenvalue weighted by Crippen LogP contribution is -2.03. The minimum Gasteiger partial charge on any atom is -0.481 e. The zero-order chi connectivity index (χ0) is 10.3. The predicted molar refractivity (Wildman–Crippen MR) is 62.2 cm³/mol. The molecule has 0 amide bonds. The first-order chi connectivity index (χ1) is 6.53. The first-order valence-corrected chi connectivity index (χ1v) is 5.46. The van der Waals surface area contributed by atoms with E-state index in [2.05, 4.69) is 19.9 Å². The average molecular weight is 231 g/mol. The Morgan fingerprint density at radius 1 is 1.40 bits per heavy atom. The molecule has 0 radical (unpaired) electrons. The van der Waals surface area contributed by atoms with Gasteiger partial charge in [-0.25, -0.2) is 0 Å². The molecule has 2 fully saturated rings. The summed E-state index contributed by atoms with van der Waals surface area (Å²) in [7, 11) is 0. The molecule has 0 aromatic carbocycles. The molecule has 0 aromatic heterocycles. The number of halogens is 1. The Bertz CT molecular complexity index is 286. The lowest BCUT2D eigenvalue weighted by atomic mass is 10.1. The lowest BCUT2D eigenvalue weighted by Gasteiger charge is -1.98. The summed E-state index contributed by atoms with van der Waals surface area (Å²) in [6.07, 6.45) is 7.21. The molecule has 0 aromatic rings. The van der Waals surface area contributed by atoms with Gasteiger partial charge in [-0.15, -0.1) is 12.4 Å². The Morgan fingerprint density at radius 2 is 1.93 bits per heavy atom. The summed E-state index contributed by atoms with van der Waals surface area (Å²) in [5.41, 5.74) is 1.48. The number of rotatable bonds is 2. The van der Waals surface area contributed by atoms with Crippen LogP contribution in [0.25, 0.3) is 0 Å². The van der Waals surface area contributed by atoms with Crippen molar-refractivity contribution in [2.24, 2.45) is 17.3 Å². The van der Waals surface area contributed by atoms with Crippen LogP contribution in [0.4, 0.5) is 0 Å². The first-order valence-electron chi connectivity index (χ1n) is 5.46. The van der Waals surface area contributed by atoms with Crippen LogP contribution in [0.5, 0.6) is 0 Å². The van der Waals surface area contributed by atoms with Crippen molar-refractivity contribution in [2.45, 2.75) is 39.5 Å². The summed E-state index contributed by atoms with van der Waals surface area (Å²) in [5.74, 6) is -0.487. The van der Waals surface area contributed by atoms with E-state index in [1.54, 1.807) is 0 Å². The summed E-state index contributed by atoms with van der Waals surface area (Å²) in [5, 5.41) is 9.00. The molecule has 2 aliphatic carbocycles. The Hall–Kier alpha value is -0.500. The molecule has 0 spiro atoms. The Kier molecular flexibility index (Phi) is 3.49. The highest BCUT2D eigenvalue weighted by atomic mass is 35.5. The van der Waals surface area contributed by atoms with E-state index in [0.717, 1.165) is 0 Å². The summed E-state index contributed by atoms with van der Waals surface area (Å²) in [6, 6.07) is 0. The Morgan fingerprint density at radius 3 is 2.33 bits per heavy atom. The van der Waals surface area contributed by atoms with E-state index in [-0.39, 0.29) is 29.7 Å². The van der Waals surface area contributed by atoms with Crippen LogP contribution in [0.15, 0.2) is 11.6 Å². The van der Waals surface area contributed by atoms with Crippen LogP contribution in [0.2, 0.25) is 0 Å². The molecule has 86 valence electrons. The fraction of sp³-hybridized carbons (Fsp3) is 0.750. The van der Waals surface area contributed by atoms with Crippen molar-refractivity contribution < 1.29 is 9.90 Å². The van der Waals surface area contributed by atoms with Gasteiger partial charge in [-0.3, -0.25) is 4.79 Å². The average Bonchev–Trinajstić information content (AvgIpc) is 2.50. The molecule has 2 aliphatic rings. The second kappa shape index (κ2) is 4.17. The summed E-state index contributed by atoms with van der Waals surface area (Å²) >= 11 is 0. The maximum atomic E-state index is 10.9. The van der Waals surface area contributed by atoms with Gasteiger partial charge in [-0.1, -0.05) is 25.5 Å². The number of carbonyl (C=O) groups is 1. The number of aliphatic carboxylic acids is 1. The van der Waals surface area contributed by atoms with E-state index in [0.29, 0.717) is 0 Å². The minimum atomic E-state index is -0.630. The van der Waals surface area contributed by atoms with E-state index >= 15 is 0 Å². The van der Waals surface area contributed by atoms with Crippen LogP contribution in [-0.2, 0) is 4.79 Å². The third kappa shape index (κ3) is 2.20. The van der Waals surface area contributed by atoms with Crippen LogP contribution in [-0.4, -0.2) is 11.1 Å². The van der Waals surface area contributed by atoms with Crippen molar-refractivity contribution >= 4 is 18.4 Å². The maximum absolute atomic E-state index is 10.9. The van der Waals surface area contributed by atoms with Gasteiger partial charge >= 0.3 is 5.97 Å². The highest BCUT2D eigenvalue weighted by Crippen LogP contribution is 2.59. The summed E-state index contributed by atoms with van der Waals surface area (Å²) in [4.78, 5) is 10.9. The van der Waals surface area contributed by atoms with Gasteiger partial charge < -0.3 is 5.11 Å². The second-order valence-corrected chi connectivity index (χ2v) is 5.20. The van der Waals surface area contributed by atoms with Crippen molar-refractivity contribution in [1.82, 2.24) is 0 Å². The van der Waals surface area contributed by atoms with Crippen LogP contribution in [0.1, 0.15) is 39.5 Å². The molecular formula is C12H19ClO2. The molecule has 0 heterocycles. The standard InChI is InChI=1S/C12H18O2.ClH/c1-12(2)9(10(12)11(13)14)7-8-5-3-4-6-8;/h7,9-10H,3-6H2,1-2H3,(H,13,14);1H. The number of carboxylic acid groups (broad SMARTS) is 1. The molecule has 15 heavy (non-hydrogen) atoms. The van der Waals surface area contributed by atoms with Crippen molar-refractivity contribution in [3.05, 3.63) is 11.6 Å². The van der Waals surface area contributed by atoms with Gasteiger partial charge in [0.1, 0.15) is 0 Å². The molecule has 2 nitrogen and oxygen atoms in total. The second-order valence-electron chi connectivity index (χ2n) is 5.20. The maximum Gasteiger partial charge on any atom is 0.307 e. The zero-order valence-corrected chi connectivity index (χ0v) is 10.1. The molecule has 0 bridgehead atoms. The van der Waals surface area contributed by atoms with E-state index in [1.807, 2.05) is 0 Å². The van der Waals surface area contributed by atoms with Gasteiger partial charge in [0.15, 0.2) is 0 Å². The SMILES string of the molecule is CC1(C)C(C=C2CCCC2)C1C(=O)O.Cl. The molecule has 3 heteroatoms. The van der Waals surface area contributed by atoms with Crippen LogP contribution in [0, 0.1) is 17.3 Å².